The quantitative estimate of drug-likeness (QED) is 0.408. The molecule has 66 valence electrons. The van der Waals surface area contributed by atoms with Gasteiger partial charge in [-0.3, -0.25) is 16.3 Å². The summed E-state index contributed by atoms with van der Waals surface area (Å²) in [6.45, 7) is 3.67. The first-order chi connectivity index (χ1) is 5.86. The van der Waals surface area contributed by atoms with Crippen LogP contribution in [0.15, 0.2) is 24.4 Å². The summed E-state index contributed by atoms with van der Waals surface area (Å²) in [5, 5.41) is 0. The lowest BCUT2D eigenvalue weighted by atomic mass is 10.1. The van der Waals surface area contributed by atoms with Gasteiger partial charge in [0.25, 0.3) is 0 Å². The normalized spacial score (nSPS) is 12.8. The second-order valence-electron chi connectivity index (χ2n) is 2.56. The summed E-state index contributed by atoms with van der Waals surface area (Å²) in [6.07, 6.45) is 5.55. The van der Waals surface area contributed by atoms with Gasteiger partial charge in [0.05, 0.1) is 5.51 Å². The zero-order chi connectivity index (χ0) is 8.81. The van der Waals surface area contributed by atoms with Crippen molar-refractivity contribution >= 4 is 11.3 Å². The van der Waals surface area contributed by atoms with E-state index in [2.05, 4.69) is 17.0 Å². The molecule has 1 aromatic heterocycles. The summed E-state index contributed by atoms with van der Waals surface area (Å²) in [6, 6.07) is 0.281. The molecule has 12 heavy (non-hydrogen) atoms. The Balaban J connectivity index is 2.42. The van der Waals surface area contributed by atoms with Gasteiger partial charge in [0.2, 0.25) is 0 Å². The molecule has 1 atom stereocenters. The van der Waals surface area contributed by atoms with Gasteiger partial charge in [0.15, 0.2) is 0 Å². The van der Waals surface area contributed by atoms with Crippen molar-refractivity contribution in [1.29, 1.82) is 0 Å². The first-order valence-corrected chi connectivity index (χ1v) is 4.69. The monoisotopic (exact) mass is 183 g/mol. The summed E-state index contributed by atoms with van der Waals surface area (Å²) in [5.74, 6) is 5.36. The maximum absolute atomic E-state index is 5.36. The van der Waals surface area contributed by atoms with Gasteiger partial charge in [-0.05, 0) is 6.42 Å². The molecule has 0 spiro atoms. The minimum absolute atomic E-state index is 0.281. The number of nitrogens with two attached hydrogens (primary N) is 1. The zero-order valence-electron chi connectivity index (χ0n) is 6.86. The van der Waals surface area contributed by atoms with E-state index in [1.54, 1.807) is 11.3 Å². The van der Waals surface area contributed by atoms with Crippen molar-refractivity contribution < 1.29 is 0 Å². The van der Waals surface area contributed by atoms with Gasteiger partial charge in [-0.15, -0.1) is 17.9 Å². The molecule has 0 aliphatic carbocycles. The SMILES string of the molecule is C=CCC(Cc1cncs1)NN. The molecule has 0 radical (unpaired) electrons. The van der Waals surface area contributed by atoms with E-state index < -0.39 is 0 Å². The maximum Gasteiger partial charge on any atom is 0.0794 e. The molecule has 0 amide bonds. The van der Waals surface area contributed by atoms with Crippen LogP contribution in [-0.2, 0) is 6.42 Å². The molecule has 0 aromatic carbocycles. The summed E-state index contributed by atoms with van der Waals surface area (Å²) in [7, 11) is 0. The Kier molecular flexibility index (Phi) is 3.93. The fourth-order valence-corrected chi connectivity index (χ4v) is 1.67. The van der Waals surface area contributed by atoms with Crippen LogP contribution in [0.25, 0.3) is 0 Å². The van der Waals surface area contributed by atoms with Crippen LogP contribution in [-0.4, -0.2) is 11.0 Å². The topological polar surface area (TPSA) is 50.9 Å². The number of nitrogens with zero attached hydrogens (tertiary/aromatic N) is 1. The van der Waals surface area contributed by atoms with Gasteiger partial charge in [-0.1, -0.05) is 6.08 Å². The Morgan fingerprint density at radius 1 is 1.83 bits per heavy atom. The third kappa shape index (κ3) is 2.73. The predicted molar refractivity (Wildman–Crippen MR) is 51.7 cm³/mol. The molecule has 1 heterocycles. The molecule has 0 saturated carbocycles. The highest BCUT2D eigenvalue weighted by atomic mass is 32.1. The Morgan fingerprint density at radius 3 is 3.17 bits per heavy atom. The van der Waals surface area contributed by atoms with Crippen molar-refractivity contribution in [3.63, 3.8) is 0 Å². The Bertz CT molecular complexity index is 220. The lowest BCUT2D eigenvalue weighted by molar-refractivity contribution is 0.534. The lowest BCUT2D eigenvalue weighted by Crippen LogP contribution is -2.36. The minimum atomic E-state index is 0.281. The van der Waals surface area contributed by atoms with Gasteiger partial charge in [0, 0.05) is 23.5 Å². The first kappa shape index (κ1) is 9.38. The van der Waals surface area contributed by atoms with E-state index >= 15 is 0 Å². The second-order valence-corrected chi connectivity index (χ2v) is 3.53. The summed E-state index contributed by atoms with van der Waals surface area (Å²) < 4.78 is 0. The van der Waals surface area contributed by atoms with Crippen molar-refractivity contribution in [3.8, 4) is 0 Å². The standard InChI is InChI=1S/C8H13N3S/c1-2-3-7(11-9)4-8-5-10-6-12-8/h2,5-7,11H,1,3-4,9H2. The number of aromatic nitrogens is 1. The molecule has 1 aromatic rings. The third-order valence-corrected chi connectivity index (χ3v) is 2.42. The molecular formula is C8H13N3S. The fourth-order valence-electron chi connectivity index (χ4n) is 0.997. The lowest BCUT2D eigenvalue weighted by Gasteiger charge is -2.11. The van der Waals surface area contributed by atoms with Crippen molar-refractivity contribution in [2.45, 2.75) is 18.9 Å². The summed E-state index contributed by atoms with van der Waals surface area (Å²) in [4.78, 5) is 5.24. The van der Waals surface area contributed by atoms with E-state index in [0.29, 0.717) is 0 Å². The molecule has 0 aliphatic rings. The number of rotatable bonds is 5. The second kappa shape index (κ2) is 5.03. The van der Waals surface area contributed by atoms with E-state index in [9.17, 15) is 0 Å². The molecule has 0 bridgehead atoms. The smallest absolute Gasteiger partial charge is 0.0794 e. The number of thiazole rings is 1. The average molecular weight is 183 g/mol. The van der Waals surface area contributed by atoms with Crippen molar-refractivity contribution in [1.82, 2.24) is 10.4 Å². The minimum Gasteiger partial charge on any atom is -0.271 e. The van der Waals surface area contributed by atoms with E-state index in [-0.39, 0.29) is 6.04 Å². The molecule has 0 aliphatic heterocycles. The van der Waals surface area contributed by atoms with E-state index in [0.717, 1.165) is 12.8 Å². The van der Waals surface area contributed by atoms with Crippen LogP contribution in [0, 0.1) is 0 Å². The Morgan fingerprint density at radius 2 is 2.67 bits per heavy atom. The average Bonchev–Trinajstić information content (AvgIpc) is 2.56. The van der Waals surface area contributed by atoms with Gasteiger partial charge in [-0.2, -0.15) is 0 Å². The van der Waals surface area contributed by atoms with Crippen LogP contribution < -0.4 is 11.3 Å². The highest BCUT2D eigenvalue weighted by molar-refractivity contribution is 7.09. The molecular weight excluding hydrogens is 170 g/mol. The van der Waals surface area contributed by atoms with E-state index in [4.69, 9.17) is 5.84 Å². The molecule has 0 fully saturated rings. The number of hydrogen-bond donors (Lipinski definition) is 2. The van der Waals surface area contributed by atoms with Crippen LogP contribution >= 0.6 is 11.3 Å². The van der Waals surface area contributed by atoms with Crippen molar-refractivity contribution in [3.05, 3.63) is 29.2 Å². The highest BCUT2D eigenvalue weighted by Gasteiger charge is 2.05. The molecule has 0 saturated heterocycles. The van der Waals surface area contributed by atoms with Crippen LogP contribution in [0.2, 0.25) is 0 Å². The molecule has 1 rings (SSSR count). The summed E-state index contributed by atoms with van der Waals surface area (Å²) in [5.41, 5.74) is 4.58. The molecule has 4 heteroatoms. The van der Waals surface area contributed by atoms with E-state index in [1.165, 1.54) is 4.88 Å². The van der Waals surface area contributed by atoms with Crippen LogP contribution in [0.3, 0.4) is 0 Å². The molecule has 3 N–H and O–H groups in total. The zero-order valence-corrected chi connectivity index (χ0v) is 7.68. The highest BCUT2D eigenvalue weighted by Crippen LogP contribution is 2.09. The fraction of sp³-hybridized carbons (Fsp3) is 0.375. The van der Waals surface area contributed by atoms with Crippen molar-refractivity contribution in [2.24, 2.45) is 5.84 Å². The first-order valence-electron chi connectivity index (χ1n) is 3.81. The number of nitrogens with one attached hydrogen (secondary N) is 1. The van der Waals surface area contributed by atoms with Gasteiger partial charge < -0.3 is 0 Å². The van der Waals surface area contributed by atoms with Gasteiger partial charge in [0.1, 0.15) is 0 Å². The Hall–Kier alpha value is -0.710. The third-order valence-electron chi connectivity index (χ3n) is 1.62. The maximum atomic E-state index is 5.36. The van der Waals surface area contributed by atoms with Gasteiger partial charge >= 0.3 is 0 Å². The largest absolute Gasteiger partial charge is 0.271 e. The number of hydrazine groups is 1. The van der Waals surface area contributed by atoms with Crippen LogP contribution in [0.5, 0.6) is 0 Å². The van der Waals surface area contributed by atoms with Crippen molar-refractivity contribution in [2.75, 3.05) is 0 Å². The van der Waals surface area contributed by atoms with Crippen LogP contribution in [0.4, 0.5) is 0 Å². The van der Waals surface area contributed by atoms with Gasteiger partial charge in [-0.25, -0.2) is 0 Å². The predicted octanol–water partition coefficient (Wildman–Crippen LogP) is 1.09. The molecule has 1 unspecified atom stereocenters. The number of hydrogen-bond acceptors (Lipinski definition) is 4. The van der Waals surface area contributed by atoms with Crippen LogP contribution in [0.1, 0.15) is 11.3 Å². The molecule has 3 nitrogen and oxygen atoms in total. The Labute approximate surface area is 76.3 Å². The summed E-state index contributed by atoms with van der Waals surface area (Å²) >= 11 is 1.65. The van der Waals surface area contributed by atoms with E-state index in [1.807, 2.05) is 17.8 Å².